The van der Waals surface area contributed by atoms with E-state index in [-0.39, 0.29) is 36.9 Å². The zero-order valence-electron chi connectivity index (χ0n) is 19.8. The van der Waals surface area contributed by atoms with Gasteiger partial charge in [0.2, 0.25) is 5.91 Å². The van der Waals surface area contributed by atoms with E-state index in [1.807, 2.05) is 24.3 Å². The first-order valence-electron chi connectivity index (χ1n) is 12.6. The molecule has 3 aliphatic carbocycles. The third-order valence-corrected chi connectivity index (χ3v) is 7.50. The van der Waals surface area contributed by atoms with Crippen molar-refractivity contribution in [2.75, 3.05) is 19.7 Å². The number of benzene rings is 2. The Morgan fingerprint density at radius 3 is 2.23 bits per heavy atom. The molecule has 0 aromatic heterocycles. The van der Waals surface area contributed by atoms with Crippen LogP contribution < -0.4 is 5.32 Å². The molecule has 0 bridgehead atoms. The fourth-order valence-electron chi connectivity index (χ4n) is 5.62. The predicted octanol–water partition coefficient (Wildman–Crippen LogP) is 4.41. The Labute approximate surface area is 205 Å². The Bertz CT molecular complexity index is 1070. The summed E-state index contributed by atoms with van der Waals surface area (Å²) in [6.45, 7) is 0.519. The second kappa shape index (κ2) is 10.1. The molecule has 3 aliphatic rings. The van der Waals surface area contributed by atoms with E-state index in [2.05, 4.69) is 29.6 Å². The first kappa shape index (κ1) is 23.4. The zero-order chi connectivity index (χ0) is 24.4. The van der Waals surface area contributed by atoms with Gasteiger partial charge in [-0.05, 0) is 60.3 Å². The van der Waals surface area contributed by atoms with Crippen molar-refractivity contribution >= 4 is 18.0 Å². The first-order chi connectivity index (χ1) is 17.0. The molecule has 7 nitrogen and oxygen atoms in total. The van der Waals surface area contributed by atoms with Crippen molar-refractivity contribution < 1.29 is 24.2 Å². The number of ether oxygens (including phenoxy) is 1. The third-order valence-electron chi connectivity index (χ3n) is 7.50. The van der Waals surface area contributed by atoms with Crippen LogP contribution in [0.1, 0.15) is 55.6 Å². The van der Waals surface area contributed by atoms with Gasteiger partial charge in [0.05, 0.1) is 0 Å². The normalized spacial score (nSPS) is 21.0. The largest absolute Gasteiger partial charge is 0.480 e. The number of amides is 2. The molecule has 2 N–H and O–H groups in total. The number of nitrogens with one attached hydrogen (secondary N) is 1. The molecule has 2 aromatic carbocycles. The quantitative estimate of drug-likeness (QED) is 0.589. The summed E-state index contributed by atoms with van der Waals surface area (Å²) in [7, 11) is 0. The number of fused-ring (bicyclic) bond motifs is 3. The molecule has 0 saturated heterocycles. The lowest BCUT2D eigenvalue weighted by molar-refractivity contribution is -0.147. The van der Waals surface area contributed by atoms with Gasteiger partial charge < -0.3 is 20.1 Å². The van der Waals surface area contributed by atoms with Crippen LogP contribution in [0.3, 0.4) is 0 Å². The summed E-state index contributed by atoms with van der Waals surface area (Å²) in [6.07, 6.45) is 4.49. The van der Waals surface area contributed by atoms with Crippen LogP contribution in [0, 0.1) is 11.8 Å². The molecule has 184 valence electrons. The molecule has 0 aliphatic heterocycles. The van der Waals surface area contributed by atoms with Gasteiger partial charge in [0.25, 0.3) is 0 Å². The van der Waals surface area contributed by atoms with Gasteiger partial charge in [-0.1, -0.05) is 55.0 Å². The molecule has 0 heterocycles. The number of carbonyl (C=O) groups is 3. The minimum absolute atomic E-state index is 0.000771. The van der Waals surface area contributed by atoms with E-state index in [9.17, 15) is 19.5 Å². The fourth-order valence-corrected chi connectivity index (χ4v) is 5.62. The van der Waals surface area contributed by atoms with Gasteiger partial charge in [0, 0.05) is 24.4 Å². The Hall–Kier alpha value is -3.35. The van der Waals surface area contributed by atoms with Gasteiger partial charge in [0.1, 0.15) is 13.2 Å². The molecule has 2 saturated carbocycles. The van der Waals surface area contributed by atoms with E-state index in [1.54, 1.807) is 0 Å². The number of aliphatic carboxylic acids is 1. The lowest BCUT2D eigenvalue weighted by Crippen LogP contribution is -2.46. The van der Waals surface area contributed by atoms with Gasteiger partial charge >= 0.3 is 12.1 Å². The fraction of sp³-hybridized carbons (Fsp3) is 0.464. The van der Waals surface area contributed by atoms with Crippen molar-refractivity contribution in [3.05, 3.63) is 59.7 Å². The molecule has 2 atom stereocenters. The van der Waals surface area contributed by atoms with E-state index < -0.39 is 12.1 Å². The van der Waals surface area contributed by atoms with Crippen LogP contribution in [0.4, 0.5) is 4.79 Å². The summed E-state index contributed by atoms with van der Waals surface area (Å²) in [6, 6.07) is 16.3. The van der Waals surface area contributed by atoms with Gasteiger partial charge in [-0.3, -0.25) is 9.59 Å². The highest BCUT2D eigenvalue weighted by atomic mass is 16.5. The maximum absolute atomic E-state index is 13.1. The number of hydrogen-bond acceptors (Lipinski definition) is 4. The molecule has 2 aromatic rings. The summed E-state index contributed by atoms with van der Waals surface area (Å²) in [5.74, 6) is -0.917. The second-order valence-corrected chi connectivity index (χ2v) is 10.1. The molecule has 35 heavy (non-hydrogen) atoms. The van der Waals surface area contributed by atoms with Crippen molar-refractivity contribution in [1.82, 2.24) is 10.2 Å². The number of carboxylic acid groups (broad SMARTS) is 1. The molecule has 2 amide bonds. The SMILES string of the molecule is O=C(O)CN(CC1CC1)C(=O)[C@H]1CCC[C@@H](NC(=O)OCC2c3ccccc3-c3ccccc32)C1. The Morgan fingerprint density at radius 1 is 0.943 bits per heavy atom. The minimum atomic E-state index is -0.983. The smallest absolute Gasteiger partial charge is 0.407 e. The Kier molecular flexibility index (Phi) is 6.75. The van der Waals surface area contributed by atoms with Gasteiger partial charge in [-0.15, -0.1) is 0 Å². The highest BCUT2D eigenvalue weighted by Gasteiger charge is 2.35. The van der Waals surface area contributed by atoms with Crippen LogP contribution in [0.15, 0.2) is 48.5 Å². The van der Waals surface area contributed by atoms with Gasteiger partial charge in [0.15, 0.2) is 0 Å². The summed E-state index contributed by atoms with van der Waals surface area (Å²) in [4.78, 5) is 38.6. The van der Waals surface area contributed by atoms with Crippen LogP contribution in [0.25, 0.3) is 11.1 Å². The van der Waals surface area contributed by atoms with Crippen molar-refractivity contribution in [2.24, 2.45) is 11.8 Å². The highest BCUT2D eigenvalue weighted by molar-refractivity contribution is 5.83. The van der Waals surface area contributed by atoms with Crippen LogP contribution >= 0.6 is 0 Å². The number of hydrogen-bond donors (Lipinski definition) is 2. The van der Waals surface area contributed by atoms with Crippen LogP contribution in [0.2, 0.25) is 0 Å². The number of carbonyl (C=O) groups excluding carboxylic acids is 2. The zero-order valence-corrected chi connectivity index (χ0v) is 19.8. The van der Waals surface area contributed by atoms with E-state index in [4.69, 9.17) is 4.74 Å². The maximum atomic E-state index is 13.1. The van der Waals surface area contributed by atoms with E-state index >= 15 is 0 Å². The molecule has 0 spiro atoms. The van der Waals surface area contributed by atoms with E-state index in [1.165, 1.54) is 27.2 Å². The Balaban J connectivity index is 1.17. The van der Waals surface area contributed by atoms with Crippen molar-refractivity contribution in [2.45, 2.75) is 50.5 Å². The minimum Gasteiger partial charge on any atom is -0.480 e. The lowest BCUT2D eigenvalue weighted by Gasteiger charge is -2.32. The average Bonchev–Trinajstić information content (AvgIpc) is 3.62. The average molecular weight is 477 g/mol. The summed E-state index contributed by atoms with van der Waals surface area (Å²) >= 11 is 0. The molecule has 0 unspecified atom stereocenters. The van der Waals surface area contributed by atoms with Crippen LogP contribution in [0.5, 0.6) is 0 Å². The molecule has 0 radical (unpaired) electrons. The van der Waals surface area contributed by atoms with Crippen molar-refractivity contribution in [1.29, 1.82) is 0 Å². The summed E-state index contributed by atoms with van der Waals surface area (Å²) < 4.78 is 5.68. The number of rotatable bonds is 8. The molecular weight excluding hydrogens is 444 g/mol. The van der Waals surface area contributed by atoms with E-state index in [0.717, 1.165) is 32.1 Å². The second-order valence-electron chi connectivity index (χ2n) is 10.1. The highest BCUT2D eigenvalue weighted by Crippen LogP contribution is 2.44. The maximum Gasteiger partial charge on any atom is 0.407 e. The van der Waals surface area contributed by atoms with Gasteiger partial charge in [-0.25, -0.2) is 4.79 Å². The van der Waals surface area contributed by atoms with Crippen LogP contribution in [-0.2, 0) is 14.3 Å². The predicted molar refractivity (Wildman–Crippen MR) is 131 cm³/mol. The summed E-state index contributed by atoms with van der Waals surface area (Å²) in [5.41, 5.74) is 4.70. The Morgan fingerprint density at radius 2 is 1.60 bits per heavy atom. The molecule has 5 rings (SSSR count). The van der Waals surface area contributed by atoms with Crippen molar-refractivity contribution in [3.8, 4) is 11.1 Å². The monoisotopic (exact) mass is 476 g/mol. The standard InChI is InChI=1S/C28H32N2O5/c31-26(32)16-30(15-18-12-13-18)27(33)19-6-5-7-20(14-19)29-28(34)35-17-25-23-10-3-1-8-21(23)22-9-2-4-11-24(22)25/h1-4,8-11,18-20,25H,5-7,12-17H2,(H,29,34)(H,31,32)/t19-,20+/m0/s1. The number of nitrogens with zero attached hydrogens (tertiary/aromatic N) is 1. The number of alkyl carbamates (subject to hydrolysis) is 1. The third kappa shape index (κ3) is 5.34. The van der Waals surface area contributed by atoms with Crippen molar-refractivity contribution in [3.63, 3.8) is 0 Å². The summed E-state index contributed by atoms with van der Waals surface area (Å²) in [5, 5.41) is 12.2. The molecule has 7 heteroatoms. The first-order valence-corrected chi connectivity index (χ1v) is 12.6. The molecular formula is C28H32N2O5. The lowest BCUT2D eigenvalue weighted by atomic mass is 9.84. The van der Waals surface area contributed by atoms with Gasteiger partial charge in [-0.2, -0.15) is 0 Å². The van der Waals surface area contributed by atoms with Crippen LogP contribution in [-0.4, -0.2) is 53.7 Å². The number of carboxylic acids is 1. The molecule has 2 fully saturated rings. The topological polar surface area (TPSA) is 95.9 Å². The van der Waals surface area contributed by atoms with E-state index in [0.29, 0.717) is 18.9 Å².